The summed E-state index contributed by atoms with van der Waals surface area (Å²) in [7, 11) is 0. The number of morpholine rings is 1. The van der Waals surface area contributed by atoms with Gasteiger partial charge in [0, 0.05) is 45.9 Å². The average molecular weight is 476 g/mol. The van der Waals surface area contributed by atoms with E-state index in [1.54, 1.807) is 4.90 Å². The number of nitrogens with zero attached hydrogens (tertiary/aromatic N) is 3. The first-order valence-electron chi connectivity index (χ1n) is 12.3. The highest BCUT2D eigenvalue weighted by Gasteiger charge is 2.71. The van der Waals surface area contributed by atoms with Crippen molar-refractivity contribution in [3.63, 3.8) is 0 Å². The summed E-state index contributed by atoms with van der Waals surface area (Å²) in [6.07, 6.45) is 7.76. The summed E-state index contributed by atoms with van der Waals surface area (Å²) >= 11 is 0. The van der Waals surface area contributed by atoms with Crippen molar-refractivity contribution in [2.24, 2.45) is 11.8 Å². The van der Waals surface area contributed by atoms with Crippen LogP contribution in [-0.2, 0) is 28.6 Å². The van der Waals surface area contributed by atoms with Crippen molar-refractivity contribution in [2.45, 2.75) is 30.6 Å². The van der Waals surface area contributed by atoms with Crippen LogP contribution in [0.5, 0.6) is 0 Å². The Hall–Kier alpha value is -2.27. The maximum Gasteiger partial charge on any atom is 0.312 e. The molecule has 5 aliphatic heterocycles. The Morgan fingerprint density at radius 1 is 1.03 bits per heavy atom. The molecule has 2 unspecified atom stereocenters. The van der Waals surface area contributed by atoms with Gasteiger partial charge in [-0.25, -0.2) is 0 Å². The quantitative estimate of drug-likeness (QED) is 0.392. The Labute approximate surface area is 199 Å². The summed E-state index contributed by atoms with van der Waals surface area (Å²) in [4.78, 5) is 46.2. The fraction of sp³-hybridized carbons (Fsp3) is 0.708. The molecule has 5 atom stereocenters. The van der Waals surface area contributed by atoms with Gasteiger partial charge in [0.1, 0.15) is 17.6 Å². The number of aliphatic hydroxyl groups is 1. The highest BCUT2D eigenvalue weighted by molar-refractivity contribution is 5.99. The molecule has 5 heterocycles. The lowest BCUT2D eigenvalue weighted by molar-refractivity contribution is -0.155. The van der Waals surface area contributed by atoms with Gasteiger partial charge < -0.3 is 29.1 Å². The van der Waals surface area contributed by atoms with E-state index in [9.17, 15) is 19.5 Å². The molecule has 0 aromatic carbocycles. The average Bonchev–Trinajstić information content (AvgIpc) is 3.21. The number of ether oxygens (including phenoxy) is 3. The predicted octanol–water partition coefficient (Wildman–Crippen LogP) is -0.817. The SMILES string of the molecule is O=C1OCCC=C[C@H]2OC34C=CCN(CCN5CCOCC5)C(=O)[C@H]3N(CCCO)C(=O)[C@@H]4C12. The van der Waals surface area contributed by atoms with Crippen molar-refractivity contribution >= 4 is 17.8 Å². The fourth-order valence-electron chi connectivity index (χ4n) is 5.92. The number of carbonyl (C=O) groups is 3. The van der Waals surface area contributed by atoms with Crippen LogP contribution < -0.4 is 0 Å². The normalized spacial score (nSPS) is 36.0. The zero-order valence-corrected chi connectivity index (χ0v) is 19.3. The van der Waals surface area contributed by atoms with Crippen molar-refractivity contribution in [3.8, 4) is 0 Å². The molecule has 5 rings (SSSR count). The molecule has 3 saturated heterocycles. The lowest BCUT2D eigenvalue weighted by Crippen LogP contribution is -2.56. The van der Waals surface area contributed by atoms with Crippen LogP contribution >= 0.6 is 0 Å². The molecule has 10 heteroatoms. The Morgan fingerprint density at radius 3 is 2.65 bits per heavy atom. The summed E-state index contributed by atoms with van der Waals surface area (Å²) in [5.41, 5.74) is -1.24. The van der Waals surface area contributed by atoms with Crippen molar-refractivity contribution in [1.82, 2.24) is 14.7 Å². The van der Waals surface area contributed by atoms with E-state index in [1.165, 1.54) is 4.90 Å². The number of esters is 1. The summed E-state index contributed by atoms with van der Waals surface area (Å²) in [5.74, 6) is -2.57. The summed E-state index contributed by atoms with van der Waals surface area (Å²) in [6.45, 7) is 5.07. The molecule has 0 aromatic heterocycles. The van der Waals surface area contributed by atoms with Gasteiger partial charge in [0.25, 0.3) is 0 Å². The van der Waals surface area contributed by atoms with Crippen LogP contribution in [0.15, 0.2) is 24.3 Å². The lowest BCUT2D eigenvalue weighted by atomic mass is 9.77. The maximum atomic E-state index is 14.0. The number of aliphatic hydroxyl groups excluding tert-OH is 1. The number of amides is 2. The molecule has 10 nitrogen and oxygen atoms in total. The second kappa shape index (κ2) is 9.77. The Balaban J connectivity index is 1.46. The van der Waals surface area contributed by atoms with E-state index in [1.807, 2.05) is 24.3 Å². The van der Waals surface area contributed by atoms with Gasteiger partial charge in [-0.2, -0.15) is 0 Å². The zero-order valence-electron chi connectivity index (χ0n) is 19.3. The van der Waals surface area contributed by atoms with Crippen LogP contribution in [0.2, 0.25) is 0 Å². The first-order chi connectivity index (χ1) is 16.6. The number of cyclic esters (lactones) is 1. The summed E-state index contributed by atoms with van der Waals surface area (Å²) < 4.78 is 17.3. The molecule has 0 aliphatic carbocycles. The van der Waals surface area contributed by atoms with Gasteiger partial charge in [0.15, 0.2) is 0 Å². The standard InChI is InChI=1S/C24H33N3O7/c28-13-4-8-27-20-22(30)26(10-9-25-11-15-32-16-12-25)7-3-6-24(20)19(21(27)29)18-17(34-24)5-1-2-14-33-23(18)31/h1,3,5-6,17-20,28H,2,4,7-16H2/t17-,18?,19+,20-,24?/m1/s1. The number of rotatable bonds is 6. The molecular formula is C24H33N3O7. The number of carbonyl (C=O) groups excluding carboxylic acids is 3. The maximum absolute atomic E-state index is 14.0. The van der Waals surface area contributed by atoms with Crippen molar-refractivity contribution in [1.29, 1.82) is 0 Å². The molecule has 0 saturated carbocycles. The molecular weight excluding hydrogens is 442 g/mol. The summed E-state index contributed by atoms with van der Waals surface area (Å²) in [5, 5.41) is 9.43. The molecule has 186 valence electrons. The minimum absolute atomic E-state index is 0.101. The molecule has 0 radical (unpaired) electrons. The first kappa shape index (κ1) is 23.5. The van der Waals surface area contributed by atoms with E-state index >= 15 is 0 Å². The van der Waals surface area contributed by atoms with E-state index in [2.05, 4.69) is 4.90 Å². The van der Waals surface area contributed by atoms with Crippen molar-refractivity contribution < 1.29 is 33.7 Å². The van der Waals surface area contributed by atoms with E-state index in [4.69, 9.17) is 14.2 Å². The monoisotopic (exact) mass is 475 g/mol. The highest BCUT2D eigenvalue weighted by atomic mass is 16.6. The van der Waals surface area contributed by atoms with Gasteiger partial charge >= 0.3 is 5.97 Å². The Morgan fingerprint density at radius 2 is 1.85 bits per heavy atom. The van der Waals surface area contributed by atoms with Gasteiger partial charge in [-0.1, -0.05) is 24.3 Å². The molecule has 34 heavy (non-hydrogen) atoms. The van der Waals surface area contributed by atoms with E-state index in [0.717, 1.165) is 19.6 Å². The molecule has 1 N–H and O–H groups in total. The number of hydrogen-bond donors (Lipinski definition) is 1. The second-order valence-corrected chi connectivity index (χ2v) is 9.48. The molecule has 0 aromatic rings. The number of fused-ring (bicyclic) bond motifs is 2. The van der Waals surface area contributed by atoms with E-state index < -0.39 is 35.6 Å². The smallest absolute Gasteiger partial charge is 0.312 e. The Kier molecular flexibility index (Phi) is 6.74. The van der Waals surface area contributed by atoms with Crippen LogP contribution in [-0.4, -0.2) is 121 Å². The molecule has 5 aliphatic rings. The minimum atomic E-state index is -1.24. The second-order valence-electron chi connectivity index (χ2n) is 9.48. The molecule has 2 amide bonds. The number of likely N-dealkylation sites (tertiary alicyclic amines) is 1. The largest absolute Gasteiger partial charge is 0.465 e. The minimum Gasteiger partial charge on any atom is -0.465 e. The van der Waals surface area contributed by atoms with Crippen molar-refractivity contribution in [2.75, 3.05) is 65.7 Å². The fourth-order valence-corrected chi connectivity index (χ4v) is 5.92. The molecule has 3 fully saturated rings. The zero-order chi connectivity index (χ0) is 23.7. The van der Waals surface area contributed by atoms with Crippen LogP contribution in [0.3, 0.4) is 0 Å². The first-order valence-corrected chi connectivity index (χ1v) is 12.3. The van der Waals surface area contributed by atoms with Crippen molar-refractivity contribution in [3.05, 3.63) is 24.3 Å². The van der Waals surface area contributed by atoms with Gasteiger partial charge in [-0.3, -0.25) is 19.3 Å². The number of hydrogen-bond acceptors (Lipinski definition) is 8. The lowest BCUT2D eigenvalue weighted by Gasteiger charge is -2.36. The van der Waals surface area contributed by atoms with Gasteiger partial charge in [-0.05, 0) is 12.8 Å². The topological polar surface area (TPSA) is 109 Å². The summed E-state index contributed by atoms with van der Waals surface area (Å²) in [6, 6.07) is -0.880. The van der Waals surface area contributed by atoms with Crippen LogP contribution in [0.1, 0.15) is 12.8 Å². The van der Waals surface area contributed by atoms with Gasteiger partial charge in [-0.15, -0.1) is 0 Å². The van der Waals surface area contributed by atoms with E-state index in [0.29, 0.717) is 39.1 Å². The van der Waals surface area contributed by atoms with E-state index in [-0.39, 0.29) is 31.6 Å². The van der Waals surface area contributed by atoms with Crippen LogP contribution in [0.4, 0.5) is 0 Å². The predicted molar refractivity (Wildman–Crippen MR) is 119 cm³/mol. The third kappa shape index (κ3) is 3.96. The molecule has 0 bridgehead atoms. The Bertz CT molecular complexity index is 871. The third-order valence-corrected chi connectivity index (χ3v) is 7.55. The van der Waals surface area contributed by atoms with Crippen LogP contribution in [0.25, 0.3) is 0 Å². The highest BCUT2D eigenvalue weighted by Crippen LogP contribution is 2.53. The third-order valence-electron chi connectivity index (χ3n) is 7.55. The molecule has 1 spiro atoms. The van der Waals surface area contributed by atoms with Crippen LogP contribution in [0, 0.1) is 11.8 Å². The van der Waals surface area contributed by atoms with Gasteiger partial charge in [0.05, 0.1) is 31.8 Å². The van der Waals surface area contributed by atoms with Gasteiger partial charge in [0.2, 0.25) is 11.8 Å².